The predicted octanol–water partition coefficient (Wildman–Crippen LogP) is 3.65. The Morgan fingerprint density at radius 2 is 1.97 bits per heavy atom. The summed E-state index contributed by atoms with van der Waals surface area (Å²) in [6.07, 6.45) is 2.17. The van der Waals surface area contributed by atoms with Gasteiger partial charge in [-0.3, -0.25) is 9.59 Å². The zero-order chi connectivity index (χ0) is 22.9. The van der Waals surface area contributed by atoms with Crippen molar-refractivity contribution < 1.29 is 23.8 Å². The van der Waals surface area contributed by atoms with Crippen molar-refractivity contribution in [3.05, 3.63) is 64.2 Å². The number of morpholine rings is 1. The van der Waals surface area contributed by atoms with Crippen LogP contribution in [0.3, 0.4) is 0 Å². The SMILES string of the molecule is COc1cc(/C=C(\C#N)C(=O)N2CCOCC2)ccc1OC(=O)CCc1cccc(Cl)c1. The molecule has 7 nitrogen and oxygen atoms in total. The Morgan fingerprint density at radius 3 is 2.66 bits per heavy atom. The second-order valence-corrected chi connectivity index (χ2v) is 7.53. The Hall–Kier alpha value is -3.34. The maximum absolute atomic E-state index is 12.6. The Labute approximate surface area is 191 Å². The van der Waals surface area contributed by atoms with E-state index in [1.165, 1.54) is 13.2 Å². The number of hydrogen-bond donors (Lipinski definition) is 0. The standard InChI is InChI=1S/C24H23ClN2O5/c1-30-22-15-18(13-19(16-26)24(29)27-9-11-31-12-10-27)5-7-21(22)32-23(28)8-6-17-3-2-4-20(25)14-17/h2-5,7,13-15H,6,8-12H2,1H3/b19-13+. The third kappa shape index (κ3) is 6.33. The van der Waals surface area contributed by atoms with Crippen molar-refractivity contribution in [1.29, 1.82) is 5.26 Å². The van der Waals surface area contributed by atoms with Crippen molar-refractivity contribution in [2.45, 2.75) is 12.8 Å². The number of nitrogens with zero attached hydrogens (tertiary/aromatic N) is 2. The molecule has 0 N–H and O–H groups in total. The van der Waals surface area contributed by atoms with Crippen LogP contribution < -0.4 is 9.47 Å². The zero-order valence-corrected chi connectivity index (χ0v) is 18.4. The van der Waals surface area contributed by atoms with Gasteiger partial charge >= 0.3 is 5.97 Å². The molecule has 3 rings (SSSR count). The van der Waals surface area contributed by atoms with E-state index in [-0.39, 0.29) is 23.7 Å². The summed E-state index contributed by atoms with van der Waals surface area (Å²) in [5.74, 6) is -0.164. The molecule has 2 aromatic rings. The number of carbonyl (C=O) groups excluding carboxylic acids is 2. The maximum atomic E-state index is 12.6. The van der Waals surface area contributed by atoms with Crippen LogP contribution in [-0.4, -0.2) is 50.2 Å². The van der Waals surface area contributed by atoms with Crippen molar-refractivity contribution in [1.82, 2.24) is 4.90 Å². The molecule has 0 bridgehead atoms. The lowest BCUT2D eigenvalue weighted by Gasteiger charge is -2.26. The molecule has 2 aromatic carbocycles. The van der Waals surface area contributed by atoms with Crippen LogP contribution in [0.25, 0.3) is 6.08 Å². The van der Waals surface area contributed by atoms with E-state index < -0.39 is 5.97 Å². The van der Waals surface area contributed by atoms with E-state index in [4.69, 9.17) is 25.8 Å². The molecule has 32 heavy (non-hydrogen) atoms. The van der Waals surface area contributed by atoms with Crippen molar-refractivity contribution >= 4 is 29.6 Å². The number of amides is 1. The lowest BCUT2D eigenvalue weighted by Crippen LogP contribution is -2.41. The Kier molecular flexibility index (Phi) is 8.26. The predicted molar refractivity (Wildman–Crippen MR) is 119 cm³/mol. The Morgan fingerprint density at radius 1 is 1.19 bits per heavy atom. The van der Waals surface area contributed by atoms with Gasteiger partial charge in [0.25, 0.3) is 5.91 Å². The second-order valence-electron chi connectivity index (χ2n) is 7.09. The van der Waals surface area contributed by atoms with Crippen LogP contribution in [0.15, 0.2) is 48.0 Å². The van der Waals surface area contributed by atoms with Gasteiger partial charge in [0.2, 0.25) is 0 Å². The third-order valence-corrected chi connectivity index (χ3v) is 5.11. The van der Waals surface area contributed by atoms with E-state index in [2.05, 4.69) is 0 Å². The van der Waals surface area contributed by atoms with E-state index >= 15 is 0 Å². The molecule has 8 heteroatoms. The highest BCUT2D eigenvalue weighted by Crippen LogP contribution is 2.29. The fourth-order valence-corrected chi connectivity index (χ4v) is 3.43. The second kappa shape index (κ2) is 11.3. The summed E-state index contributed by atoms with van der Waals surface area (Å²) in [6.45, 7) is 1.81. The third-order valence-electron chi connectivity index (χ3n) is 4.88. The molecule has 1 aliphatic rings. The van der Waals surface area contributed by atoms with Crippen LogP contribution in [0, 0.1) is 11.3 Å². The number of halogens is 1. The molecular formula is C24H23ClN2O5. The number of esters is 1. The Balaban J connectivity index is 1.68. The van der Waals surface area contributed by atoms with Gasteiger partial charge in [0.05, 0.1) is 20.3 Å². The summed E-state index contributed by atoms with van der Waals surface area (Å²) in [5, 5.41) is 10.1. The van der Waals surface area contributed by atoms with Gasteiger partial charge in [-0.1, -0.05) is 29.8 Å². The first-order chi connectivity index (χ1) is 15.5. The fraction of sp³-hybridized carbons (Fsp3) is 0.292. The molecule has 0 unspecified atom stereocenters. The number of ether oxygens (including phenoxy) is 3. The number of aryl methyl sites for hydroxylation is 1. The van der Waals surface area contributed by atoms with Gasteiger partial charge in [-0.05, 0) is 47.9 Å². The quantitative estimate of drug-likeness (QED) is 0.274. The molecule has 1 heterocycles. The fourth-order valence-electron chi connectivity index (χ4n) is 3.22. The summed E-state index contributed by atoms with van der Waals surface area (Å²) in [5.41, 5.74) is 1.54. The highest BCUT2D eigenvalue weighted by molar-refractivity contribution is 6.30. The van der Waals surface area contributed by atoms with E-state index in [9.17, 15) is 14.9 Å². The lowest BCUT2D eigenvalue weighted by molar-refractivity contribution is -0.134. The van der Waals surface area contributed by atoms with Gasteiger partial charge in [-0.15, -0.1) is 0 Å². The minimum atomic E-state index is -0.410. The van der Waals surface area contributed by atoms with Crippen molar-refractivity contribution in [3.63, 3.8) is 0 Å². The number of carbonyl (C=O) groups is 2. The van der Waals surface area contributed by atoms with Gasteiger partial charge in [0, 0.05) is 24.5 Å². The summed E-state index contributed by atoms with van der Waals surface area (Å²) >= 11 is 5.97. The highest BCUT2D eigenvalue weighted by atomic mass is 35.5. The van der Waals surface area contributed by atoms with Gasteiger partial charge < -0.3 is 19.1 Å². The molecule has 0 spiro atoms. The monoisotopic (exact) mass is 454 g/mol. The van der Waals surface area contributed by atoms with Gasteiger partial charge in [-0.25, -0.2) is 0 Å². The molecule has 1 saturated heterocycles. The number of hydrogen-bond acceptors (Lipinski definition) is 6. The smallest absolute Gasteiger partial charge is 0.311 e. The molecule has 166 valence electrons. The average molecular weight is 455 g/mol. The zero-order valence-electron chi connectivity index (χ0n) is 17.7. The number of rotatable bonds is 7. The highest BCUT2D eigenvalue weighted by Gasteiger charge is 2.21. The van der Waals surface area contributed by atoms with Crippen molar-refractivity contribution in [2.75, 3.05) is 33.4 Å². The molecule has 0 aromatic heterocycles. The van der Waals surface area contributed by atoms with Crippen LogP contribution in [0.5, 0.6) is 11.5 Å². The first kappa shape index (κ1) is 23.3. The summed E-state index contributed by atoms with van der Waals surface area (Å²) < 4.78 is 16.0. The number of nitriles is 1. The summed E-state index contributed by atoms with van der Waals surface area (Å²) in [4.78, 5) is 26.5. The first-order valence-corrected chi connectivity index (χ1v) is 10.5. The Bertz CT molecular complexity index is 1050. The van der Waals surface area contributed by atoms with Gasteiger partial charge in [0.15, 0.2) is 11.5 Å². The normalized spacial score (nSPS) is 13.9. The molecule has 1 aliphatic heterocycles. The van der Waals surface area contributed by atoms with Crippen LogP contribution in [0.4, 0.5) is 0 Å². The largest absolute Gasteiger partial charge is 0.493 e. The topological polar surface area (TPSA) is 88.9 Å². The van der Waals surface area contributed by atoms with Crippen LogP contribution in [-0.2, 0) is 20.7 Å². The number of methoxy groups -OCH3 is 1. The first-order valence-electron chi connectivity index (χ1n) is 10.1. The molecule has 1 amide bonds. The lowest BCUT2D eigenvalue weighted by atomic mass is 10.1. The van der Waals surface area contributed by atoms with E-state index in [1.807, 2.05) is 24.3 Å². The average Bonchev–Trinajstić information content (AvgIpc) is 2.82. The molecule has 0 aliphatic carbocycles. The molecule has 0 radical (unpaired) electrons. The van der Waals surface area contributed by atoms with E-state index in [0.29, 0.717) is 49.1 Å². The summed E-state index contributed by atoms with van der Waals surface area (Å²) in [7, 11) is 1.45. The van der Waals surface area contributed by atoms with Gasteiger partial charge in [0.1, 0.15) is 11.6 Å². The minimum Gasteiger partial charge on any atom is -0.493 e. The van der Waals surface area contributed by atoms with Crippen molar-refractivity contribution in [3.8, 4) is 17.6 Å². The number of benzene rings is 2. The summed E-state index contributed by atoms with van der Waals surface area (Å²) in [6, 6.07) is 14.1. The van der Waals surface area contributed by atoms with E-state index in [1.54, 1.807) is 29.2 Å². The van der Waals surface area contributed by atoms with Crippen molar-refractivity contribution in [2.24, 2.45) is 0 Å². The van der Waals surface area contributed by atoms with Crippen LogP contribution in [0.1, 0.15) is 17.5 Å². The van der Waals surface area contributed by atoms with Gasteiger partial charge in [-0.2, -0.15) is 5.26 Å². The maximum Gasteiger partial charge on any atom is 0.311 e. The molecular weight excluding hydrogens is 432 g/mol. The molecule has 1 fully saturated rings. The van der Waals surface area contributed by atoms with E-state index in [0.717, 1.165) is 5.56 Å². The van der Waals surface area contributed by atoms with Crippen LogP contribution >= 0.6 is 11.6 Å². The minimum absolute atomic E-state index is 0.0141. The molecule has 0 saturated carbocycles. The van der Waals surface area contributed by atoms with Crippen LogP contribution in [0.2, 0.25) is 5.02 Å². The molecule has 0 atom stereocenters.